The van der Waals surface area contributed by atoms with Gasteiger partial charge in [0.2, 0.25) is 0 Å². The maximum Gasteiger partial charge on any atom is 0.417 e. The third-order valence-corrected chi connectivity index (χ3v) is 11.0. The zero-order valence-electron chi connectivity index (χ0n) is 19.1. The van der Waals surface area contributed by atoms with E-state index in [1.165, 1.54) is 12.8 Å². The number of hydrogen-bond acceptors (Lipinski definition) is 2. The first-order valence-electron chi connectivity index (χ1n) is 12.3. The molecular weight excluding hydrogens is 389 g/mol. The van der Waals surface area contributed by atoms with E-state index in [0.717, 1.165) is 32.1 Å². The van der Waals surface area contributed by atoms with Crippen LogP contribution in [0.25, 0.3) is 0 Å². The van der Waals surface area contributed by atoms with Gasteiger partial charge in [0.1, 0.15) is 0 Å². The molecule has 0 spiro atoms. The highest BCUT2D eigenvalue weighted by Crippen LogP contribution is 2.69. The normalized spacial score (nSPS) is 50.9. The van der Waals surface area contributed by atoms with Crippen molar-refractivity contribution in [2.75, 3.05) is 0 Å². The van der Waals surface area contributed by atoms with Crippen LogP contribution in [0.1, 0.15) is 91.9 Å². The number of aliphatic hydroxyl groups is 2. The zero-order chi connectivity index (χ0) is 22.1. The first kappa shape index (κ1) is 22.9. The topological polar surface area (TPSA) is 40.5 Å². The average molecular weight is 431 g/mol. The second kappa shape index (κ2) is 7.37. The molecule has 0 aromatic rings. The lowest BCUT2D eigenvalue weighted by molar-refractivity contribution is -0.290. The SMILES string of the molecule is CC[C@@H](O)[C@@H](C)[C@H]1CC[C@H]2[C@@H]3CC[C@@H]4C[C@@](O)(C(F)(F)F)CC[C@]4(C)[C@H]3CC[C@]12C. The molecule has 4 rings (SSSR count). The van der Waals surface area contributed by atoms with Crippen molar-refractivity contribution >= 4 is 0 Å². The summed E-state index contributed by atoms with van der Waals surface area (Å²) < 4.78 is 40.5. The smallest absolute Gasteiger partial charge is 0.393 e. The third-order valence-electron chi connectivity index (χ3n) is 11.0. The van der Waals surface area contributed by atoms with Crippen molar-refractivity contribution in [3.05, 3.63) is 0 Å². The Morgan fingerprint density at radius 2 is 1.60 bits per heavy atom. The zero-order valence-corrected chi connectivity index (χ0v) is 19.1. The molecule has 0 unspecified atom stereocenters. The molecule has 174 valence electrons. The fourth-order valence-corrected chi connectivity index (χ4v) is 9.05. The fraction of sp³-hybridized carbons (Fsp3) is 1.00. The molecule has 0 aliphatic heterocycles. The standard InChI is InChI=1S/C25H41F3O2/c1-5-21(29)15(2)18-8-9-19-17-7-6-16-14-24(30,25(26,27)28)13-12-22(16,3)20(17)10-11-23(18,19)4/h15-21,29-30H,5-14H2,1-4H3/t15-,16+,17-,18+,19-,20-,21+,22-,23+,24+/m0/s1. The Balaban J connectivity index is 1.55. The van der Waals surface area contributed by atoms with Crippen molar-refractivity contribution in [3.63, 3.8) is 0 Å². The summed E-state index contributed by atoms with van der Waals surface area (Å²) in [5, 5.41) is 20.9. The molecule has 5 heteroatoms. The average Bonchev–Trinajstić information content (AvgIpc) is 3.03. The fourth-order valence-electron chi connectivity index (χ4n) is 9.05. The number of alkyl halides is 3. The Bertz CT molecular complexity index is 651. The van der Waals surface area contributed by atoms with Crippen LogP contribution < -0.4 is 0 Å². The van der Waals surface area contributed by atoms with E-state index in [4.69, 9.17) is 0 Å². The van der Waals surface area contributed by atoms with Crippen molar-refractivity contribution in [3.8, 4) is 0 Å². The second-order valence-corrected chi connectivity index (χ2v) is 12.0. The number of fused-ring (bicyclic) bond motifs is 5. The molecule has 4 aliphatic carbocycles. The number of aliphatic hydroxyl groups excluding tert-OH is 1. The molecule has 0 aromatic carbocycles. The molecule has 0 saturated heterocycles. The van der Waals surface area contributed by atoms with E-state index in [-0.39, 0.29) is 35.7 Å². The van der Waals surface area contributed by atoms with Crippen LogP contribution in [0.3, 0.4) is 0 Å². The van der Waals surface area contributed by atoms with Crippen LogP contribution in [0.5, 0.6) is 0 Å². The summed E-state index contributed by atoms with van der Waals surface area (Å²) in [4.78, 5) is 0. The molecule has 4 saturated carbocycles. The lowest BCUT2D eigenvalue weighted by atomic mass is 9.43. The second-order valence-electron chi connectivity index (χ2n) is 12.0. The monoisotopic (exact) mass is 430 g/mol. The van der Waals surface area contributed by atoms with Crippen LogP contribution in [0, 0.1) is 46.3 Å². The quantitative estimate of drug-likeness (QED) is 0.548. The van der Waals surface area contributed by atoms with Crippen molar-refractivity contribution in [2.24, 2.45) is 46.3 Å². The summed E-state index contributed by atoms with van der Waals surface area (Å²) in [6.45, 7) is 8.96. The van der Waals surface area contributed by atoms with E-state index in [0.29, 0.717) is 36.0 Å². The minimum Gasteiger partial charge on any atom is -0.393 e. The molecule has 30 heavy (non-hydrogen) atoms. The van der Waals surface area contributed by atoms with Gasteiger partial charge in [-0.3, -0.25) is 0 Å². The minimum atomic E-state index is -4.52. The number of hydrogen-bond donors (Lipinski definition) is 2. The first-order chi connectivity index (χ1) is 13.9. The summed E-state index contributed by atoms with van der Waals surface area (Å²) >= 11 is 0. The minimum absolute atomic E-state index is 0.0264. The highest BCUT2D eigenvalue weighted by molar-refractivity contribution is 5.11. The van der Waals surface area contributed by atoms with E-state index in [1.54, 1.807) is 0 Å². The molecule has 4 aliphatic rings. The Hall–Kier alpha value is -0.290. The Morgan fingerprint density at radius 3 is 2.23 bits per heavy atom. The summed E-state index contributed by atoms with van der Waals surface area (Å²) in [6, 6.07) is 0. The molecule has 0 amide bonds. The molecule has 0 heterocycles. The van der Waals surface area contributed by atoms with Gasteiger partial charge in [-0.15, -0.1) is 0 Å². The predicted octanol–water partition coefficient (Wildman–Crippen LogP) is 6.35. The van der Waals surface area contributed by atoms with Gasteiger partial charge in [0, 0.05) is 0 Å². The van der Waals surface area contributed by atoms with Crippen LogP contribution >= 0.6 is 0 Å². The van der Waals surface area contributed by atoms with Crippen molar-refractivity contribution < 1.29 is 23.4 Å². The van der Waals surface area contributed by atoms with Crippen LogP contribution in [-0.4, -0.2) is 28.1 Å². The summed E-state index contributed by atoms with van der Waals surface area (Å²) in [5.74, 6) is 2.54. The Kier molecular flexibility index (Phi) is 5.62. The van der Waals surface area contributed by atoms with E-state index in [1.807, 2.05) is 0 Å². The van der Waals surface area contributed by atoms with Gasteiger partial charge in [0.05, 0.1) is 6.10 Å². The first-order valence-corrected chi connectivity index (χ1v) is 12.3. The molecule has 0 bridgehead atoms. The molecule has 2 N–H and O–H groups in total. The van der Waals surface area contributed by atoms with Gasteiger partial charge < -0.3 is 10.2 Å². The molecule has 0 aromatic heterocycles. The van der Waals surface area contributed by atoms with Crippen molar-refractivity contribution in [1.29, 1.82) is 0 Å². The van der Waals surface area contributed by atoms with Gasteiger partial charge in [-0.05, 0) is 111 Å². The van der Waals surface area contributed by atoms with Gasteiger partial charge in [-0.1, -0.05) is 27.7 Å². The van der Waals surface area contributed by atoms with Crippen LogP contribution in [0.15, 0.2) is 0 Å². The van der Waals surface area contributed by atoms with E-state index >= 15 is 0 Å². The number of halogens is 3. The van der Waals surface area contributed by atoms with Crippen molar-refractivity contribution in [2.45, 2.75) is 110 Å². The van der Waals surface area contributed by atoms with Gasteiger partial charge in [-0.25, -0.2) is 0 Å². The Morgan fingerprint density at radius 1 is 0.933 bits per heavy atom. The van der Waals surface area contributed by atoms with Crippen LogP contribution in [0.2, 0.25) is 0 Å². The van der Waals surface area contributed by atoms with Crippen LogP contribution in [0.4, 0.5) is 13.2 Å². The maximum absolute atomic E-state index is 13.5. The summed E-state index contributed by atoms with van der Waals surface area (Å²) in [5.41, 5.74) is -2.31. The molecule has 0 radical (unpaired) electrons. The number of rotatable bonds is 3. The van der Waals surface area contributed by atoms with Gasteiger partial charge >= 0.3 is 6.18 Å². The summed E-state index contributed by atoms with van der Waals surface area (Å²) in [7, 11) is 0. The highest BCUT2D eigenvalue weighted by atomic mass is 19.4. The van der Waals surface area contributed by atoms with E-state index in [9.17, 15) is 23.4 Å². The molecule has 10 atom stereocenters. The molecular formula is C25H41F3O2. The highest BCUT2D eigenvalue weighted by Gasteiger charge is 2.65. The lowest BCUT2D eigenvalue weighted by Crippen LogP contribution is -2.59. The third kappa shape index (κ3) is 3.19. The molecule has 4 fully saturated rings. The Labute approximate surface area is 180 Å². The van der Waals surface area contributed by atoms with Gasteiger partial charge in [0.25, 0.3) is 0 Å². The van der Waals surface area contributed by atoms with Crippen LogP contribution in [-0.2, 0) is 0 Å². The van der Waals surface area contributed by atoms with Crippen molar-refractivity contribution in [1.82, 2.24) is 0 Å². The summed E-state index contributed by atoms with van der Waals surface area (Å²) in [6.07, 6.45) is 2.72. The molecule has 2 nitrogen and oxygen atoms in total. The van der Waals surface area contributed by atoms with E-state index < -0.39 is 11.8 Å². The van der Waals surface area contributed by atoms with Gasteiger partial charge in [-0.2, -0.15) is 13.2 Å². The maximum atomic E-state index is 13.5. The van der Waals surface area contributed by atoms with E-state index in [2.05, 4.69) is 27.7 Å². The van der Waals surface area contributed by atoms with Gasteiger partial charge in [0.15, 0.2) is 5.60 Å². The lowest BCUT2D eigenvalue weighted by Gasteiger charge is -2.62. The predicted molar refractivity (Wildman–Crippen MR) is 112 cm³/mol. The largest absolute Gasteiger partial charge is 0.417 e.